The molecule has 1 unspecified atom stereocenters. The van der Waals surface area contributed by atoms with E-state index in [0.29, 0.717) is 58.0 Å². The minimum atomic E-state index is -0.988. The number of carbonyl (C=O) groups excluding carboxylic acids is 5. The van der Waals surface area contributed by atoms with Gasteiger partial charge in [0.1, 0.15) is 11.6 Å². The van der Waals surface area contributed by atoms with E-state index >= 15 is 0 Å². The molecular weight excluding hydrogens is 520 g/mol. The van der Waals surface area contributed by atoms with Gasteiger partial charge in [0.15, 0.2) is 0 Å². The molecule has 0 saturated carbocycles. The van der Waals surface area contributed by atoms with Gasteiger partial charge in [-0.15, -0.1) is 0 Å². The van der Waals surface area contributed by atoms with Crippen molar-refractivity contribution in [1.82, 2.24) is 15.5 Å². The summed E-state index contributed by atoms with van der Waals surface area (Å²) in [5.74, 6) is -2.09. The normalized spacial score (nSPS) is 17.1. The number of carbonyl (C=O) groups is 5. The summed E-state index contributed by atoms with van der Waals surface area (Å²) in [7, 11) is 0. The molecule has 40 heavy (non-hydrogen) atoms. The number of fused-ring (bicyclic) bond motifs is 1. The van der Waals surface area contributed by atoms with Crippen LogP contribution in [0.1, 0.15) is 80.0 Å². The van der Waals surface area contributed by atoms with Crippen LogP contribution in [0.2, 0.25) is 0 Å². The number of alkyl carbamates (subject to hydrolysis) is 1. The first-order valence-electron chi connectivity index (χ1n) is 13.8. The smallest absolute Gasteiger partial charge is 0.407 e. The third-order valence-corrected chi connectivity index (χ3v) is 6.21. The number of ether oxygens (including phenoxy) is 3. The Hall–Kier alpha value is -3.51. The highest BCUT2D eigenvalue weighted by Crippen LogP contribution is 2.32. The Bertz CT molecular complexity index is 1080. The van der Waals surface area contributed by atoms with Crippen molar-refractivity contribution in [3.8, 4) is 0 Å². The maximum absolute atomic E-state index is 13.1. The number of imide groups is 2. The lowest BCUT2D eigenvalue weighted by atomic mass is 10.0. The standard InChI is InChI=1S/C28H40N4O8/c1-28(2,3)40-27(37)30-14-8-18-39-16-5-4-15-38-17-7-13-29-20-10-6-9-19-23(20)26(36)32(25(19)35)21-11-12-22(33)31-24(21)34/h6,9-10,21,29H,4-5,7-8,11-18H2,1-3H3,(H,30,37)(H,31,33,34). The van der Waals surface area contributed by atoms with Crippen molar-refractivity contribution in [1.29, 1.82) is 0 Å². The molecule has 220 valence electrons. The van der Waals surface area contributed by atoms with E-state index in [0.717, 1.165) is 17.7 Å². The molecule has 0 bridgehead atoms. The highest BCUT2D eigenvalue weighted by molar-refractivity contribution is 6.25. The zero-order valence-corrected chi connectivity index (χ0v) is 23.5. The molecule has 0 spiro atoms. The lowest BCUT2D eigenvalue weighted by molar-refractivity contribution is -0.136. The van der Waals surface area contributed by atoms with Gasteiger partial charge in [0.05, 0.1) is 11.1 Å². The van der Waals surface area contributed by atoms with E-state index in [2.05, 4.69) is 16.0 Å². The highest BCUT2D eigenvalue weighted by atomic mass is 16.6. The molecule has 5 amide bonds. The van der Waals surface area contributed by atoms with Crippen molar-refractivity contribution in [3.63, 3.8) is 0 Å². The summed E-state index contributed by atoms with van der Waals surface area (Å²) < 4.78 is 16.4. The van der Waals surface area contributed by atoms with E-state index in [1.165, 1.54) is 0 Å². The number of amides is 5. The highest BCUT2D eigenvalue weighted by Gasteiger charge is 2.45. The van der Waals surface area contributed by atoms with Gasteiger partial charge in [-0.2, -0.15) is 0 Å². The number of anilines is 1. The number of piperidine rings is 1. The van der Waals surface area contributed by atoms with Crippen molar-refractivity contribution in [2.75, 3.05) is 44.8 Å². The van der Waals surface area contributed by atoms with E-state index in [4.69, 9.17) is 14.2 Å². The predicted octanol–water partition coefficient (Wildman–Crippen LogP) is 2.62. The lowest BCUT2D eigenvalue weighted by Gasteiger charge is -2.27. The van der Waals surface area contributed by atoms with Crippen LogP contribution in [-0.2, 0) is 23.8 Å². The maximum atomic E-state index is 13.1. The molecule has 1 saturated heterocycles. The molecule has 2 aliphatic rings. The number of hydrogen-bond acceptors (Lipinski definition) is 9. The quantitative estimate of drug-likeness (QED) is 0.217. The number of benzene rings is 1. The first-order valence-corrected chi connectivity index (χ1v) is 13.8. The van der Waals surface area contributed by atoms with Gasteiger partial charge in [-0.3, -0.25) is 29.4 Å². The predicted molar refractivity (Wildman–Crippen MR) is 146 cm³/mol. The molecule has 3 rings (SSSR count). The first-order chi connectivity index (χ1) is 19.1. The average Bonchev–Trinajstić information content (AvgIpc) is 3.13. The minimum Gasteiger partial charge on any atom is -0.444 e. The summed E-state index contributed by atoms with van der Waals surface area (Å²) in [6.45, 7) is 8.83. The molecule has 1 fully saturated rings. The summed E-state index contributed by atoms with van der Waals surface area (Å²) >= 11 is 0. The second kappa shape index (κ2) is 14.8. The fourth-order valence-corrected chi connectivity index (χ4v) is 4.35. The van der Waals surface area contributed by atoms with Crippen molar-refractivity contribution in [3.05, 3.63) is 29.3 Å². The molecule has 3 N–H and O–H groups in total. The molecule has 0 aliphatic carbocycles. The topological polar surface area (TPSA) is 152 Å². The van der Waals surface area contributed by atoms with Gasteiger partial charge in [0.2, 0.25) is 11.8 Å². The van der Waals surface area contributed by atoms with Gasteiger partial charge in [-0.25, -0.2) is 4.79 Å². The minimum absolute atomic E-state index is 0.0804. The van der Waals surface area contributed by atoms with Gasteiger partial charge in [-0.05, 0) is 65.0 Å². The molecule has 1 atom stereocenters. The van der Waals surface area contributed by atoms with Gasteiger partial charge < -0.3 is 24.8 Å². The molecule has 12 heteroatoms. The molecule has 2 heterocycles. The monoisotopic (exact) mass is 560 g/mol. The molecule has 1 aromatic carbocycles. The first kappa shape index (κ1) is 31.0. The van der Waals surface area contributed by atoms with E-state index in [1.54, 1.807) is 18.2 Å². The molecule has 2 aliphatic heterocycles. The number of nitrogens with zero attached hydrogens (tertiary/aromatic N) is 1. The largest absolute Gasteiger partial charge is 0.444 e. The van der Waals surface area contributed by atoms with Gasteiger partial charge in [0, 0.05) is 51.6 Å². The van der Waals surface area contributed by atoms with Crippen LogP contribution in [-0.4, -0.2) is 85.8 Å². The fourth-order valence-electron chi connectivity index (χ4n) is 4.35. The zero-order valence-electron chi connectivity index (χ0n) is 23.5. The third kappa shape index (κ3) is 9.02. The molecule has 0 aromatic heterocycles. The summed E-state index contributed by atoms with van der Waals surface area (Å²) in [5.41, 5.74) is 0.521. The van der Waals surface area contributed by atoms with Crippen molar-refractivity contribution < 1.29 is 38.2 Å². The number of unbranched alkanes of at least 4 members (excludes halogenated alkanes) is 1. The SMILES string of the molecule is CC(C)(C)OC(=O)NCCCOCCCCOCCCNc1cccc2c1C(=O)N(C1CCC(=O)NC1=O)C2=O. The van der Waals surface area contributed by atoms with E-state index in [9.17, 15) is 24.0 Å². The van der Waals surface area contributed by atoms with Crippen LogP contribution in [0.3, 0.4) is 0 Å². The Labute approximate surface area is 234 Å². The van der Waals surface area contributed by atoms with E-state index < -0.39 is 41.4 Å². The van der Waals surface area contributed by atoms with Crippen LogP contribution in [0, 0.1) is 0 Å². The zero-order chi connectivity index (χ0) is 29.1. The Morgan fingerprint density at radius 3 is 2.25 bits per heavy atom. The summed E-state index contributed by atoms with van der Waals surface area (Å²) in [6, 6.07) is 4.00. The Morgan fingerprint density at radius 1 is 0.950 bits per heavy atom. The second-order valence-electron chi connectivity index (χ2n) is 10.7. The Morgan fingerprint density at radius 2 is 1.60 bits per heavy atom. The maximum Gasteiger partial charge on any atom is 0.407 e. The van der Waals surface area contributed by atoms with Crippen LogP contribution in [0.4, 0.5) is 10.5 Å². The van der Waals surface area contributed by atoms with Crippen molar-refractivity contribution in [2.24, 2.45) is 0 Å². The van der Waals surface area contributed by atoms with Gasteiger partial charge in [0.25, 0.3) is 11.8 Å². The summed E-state index contributed by atoms with van der Waals surface area (Å²) in [4.78, 5) is 62.2. The summed E-state index contributed by atoms with van der Waals surface area (Å²) in [6.07, 6.45) is 2.92. The van der Waals surface area contributed by atoms with E-state index in [-0.39, 0.29) is 24.0 Å². The second-order valence-corrected chi connectivity index (χ2v) is 10.7. The third-order valence-electron chi connectivity index (χ3n) is 6.21. The Balaban J connectivity index is 1.25. The van der Waals surface area contributed by atoms with Crippen LogP contribution in [0.5, 0.6) is 0 Å². The van der Waals surface area contributed by atoms with Gasteiger partial charge in [-0.1, -0.05) is 6.07 Å². The number of nitrogens with one attached hydrogen (secondary N) is 3. The van der Waals surface area contributed by atoms with Crippen LogP contribution >= 0.6 is 0 Å². The molecule has 1 aromatic rings. The fraction of sp³-hybridized carbons (Fsp3) is 0.607. The van der Waals surface area contributed by atoms with Crippen LogP contribution in [0.25, 0.3) is 0 Å². The average molecular weight is 561 g/mol. The molecule has 12 nitrogen and oxygen atoms in total. The lowest BCUT2D eigenvalue weighted by Crippen LogP contribution is -2.54. The molecular formula is C28H40N4O8. The van der Waals surface area contributed by atoms with Gasteiger partial charge >= 0.3 is 6.09 Å². The number of rotatable bonds is 15. The van der Waals surface area contributed by atoms with E-state index in [1.807, 2.05) is 20.8 Å². The number of hydrogen-bond donors (Lipinski definition) is 3. The van der Waals surface area contributed by atoms with Crippen molar-refractivity contribution in [2.45, 2.75) is 70.9 Å². The van der Waals surface area contributed by atoms with Crippen molar-refractivity contribution >= 4 is 35.4 Å². The summed E-state index contributed by atoms with van der Waals surface area (Å²) in [5, 5.41) is 8.10. The Kier molecular flexibility index (Phi) is 11.4. The molecule has 0 radical (unpaired) electrons. The van der Waals surface area contributed by atoms with Crippen LogP contribution < -0.4 is 16.0 Å². The van der Waals surface area contributed by atoms with Crippen LogP contribution in [0.15, 0.2) is 18.2 Å².